The van der Waals surface area contributed by atoms with Gasteiger partial charge in [0, 0.05) is 0 Å². The number of hydrogen-bond donors (Lipinski definition) is 0. The standard InChI is InChI=1S/C31H32ClN8O3.W/c1-6-25(41)39-16-15-38(17-22(39)12-13-33)29-27-28(35-31(36-29)43-18-23-10-8-14-37(23)5)30(42)40(21(4)34-27)20(3)26-19(2)9-7-11-24(26)32;/h2-3,6-7,9,11,22-23H,1,8,10,12,14-18H2,4-5H3;/q-1;/b26-20-;/t22-,23-;/m0./s1. The molecule has 3 aromatic rings. The Morgan fingerprint density at radius 1 is 1.25 bits per heavy atom. The second kappa shape index (κ2) is 13.5. The van der Waals surface area contributed by atoms with Crippen molar-refractivity contribution in [1.82, 2.24) is 29.3 Å². The number of hydrogen-bond acceptors (Lipinski definition) is 9. The molecule has 0 unspecified atom stereocenters. The van der Waals surface area contributed by atoms with E-state index in [4.69, 9.17) is 32.9 Å². The van der Waals surface area contributed by atoms with Gasteiger partial charge >= 0.3 is 249 Å². The molecule has 1 amide bonds. The maximum atomic E-state index is 14.3. The van der Waals surface area contributed by atoms with E-state index in [-0.39, 0.29) is 29.9 Å². The number of piperazine rings is 1. The van der Waals surface area contributed by atoms with E-state index in [1.807, 2.05) is 9.30 Å². The van der Waals surface area contributed by atoms with E-state index in [1.54, 1.807) is 30.0 Å². The zero-order valence-corrected chi connectivity index (χ0v) is 28.3. The van der Waals surface area contributed by atoms with Crippen molar-refractivity contribution in [2.45, 2.75) is 38.3 Å². The molecular weight excluding hydrogens is 752 g/mol. The summed E-state index contributed by atoms with van der Waals surface area (Å²) in [6.45, 7) is 14.1. The van der Waals surface area contributed by atoms with Crippen molar-refractivity contribution in [2.24, 2.45) is 0 Å². The predicted octanol–water partition coefficient (Wildman–Crippen LogP) is 1.03. The van der Waals surface area contributed by atoms with Crippen molar-refractivity contribution in [2.75, 3.05) is 44.7 Å². The summed E-state index contributed by atoms with van der Waals surface area (Å²) < 4.78 is 9.45. The number of carbonyl (C=O) groups is 1. The number of aryl methyl sites for hydroxylation is 1. The van der Waals surface area contributed by atoms with Gasteiger partial charge in [-0.1, -0.05) is 6.58 Å². The van der Waals surface area contributed by atoms with Crippen LogP contribution in [0.3, 0.4) is 0 Å². The average Bonchev–Trinajstić information content (AvgIpc) is 3.43. The number of halogens is 1. The van der Waals surface area contributed by atoms with Gasteiger partial charge in [0.25, 0.3) is 0 Å². The summed E-state index contributed by atoms with van der Waals surface area (Å²) in [5.74, 6) is 0.573. The van der Waals surface area contributed by atoms with Gasteiger partial charge in [-0.25, -0.2) is 0 Å². The fourth-order valence-electron chi connectivity index (χ4n) is 5.84. The van der Waals surface area contributed by atoms with E-state index >= 15 is 0 Å². The molecule has 0 saturated carbocycles. The molecule has 0 N–H and O–H groups in total. The molecule has 0 spiro atoms. The van der Waals surface area contributed by atoms with Crippen LogP contribution in [-0.2, 0) is 24.1 Å². The summed E-state index contributed by atoms with van der Waals surface area (Å²) in [7, 11) is 2.06. The molecule has 2 fully saturated rings. The Hall–Kier alpha value is -3.71. The number of fused-ring (bicyclic) bond motifs is 1. The van der Waals surface area contributed by atoms with Crippen LogP contribution in [0.5, 0.6) is 6.01 Å². The first-order chi connectivity index (χ1) is 21.2. The summed E-state index contributed by atoms with van der Waals surface area (Å²) in [5.41, 5.74) is 0.487. The van der Waals surface area contributed by atoms with Crippen molar-refractivity contribution < 1.29 is 28.9 Å². The zero-order chi connectivity index (χ0) is 31.5. The Kier molecular flexibility index (Phi) is 9.74. The summed E-state index contributed by atoms with van der Waals surface area (Å²) in [4.78, 5) is 46.9. The van der Waals surface area contributed by atoms with Crippen molar-refractivity contribution >= 4 is 51.0 Å². The van der Waals surface area contributed by atoms with Crippen molar-refractivity contribution in [3.63, 3.8) is 0 Å². The third kappa shape index (κ3) is 6.12. The maximum absolute atomic E-state index is 14.3. The van der Waals surface area contributed by atoms with E-state index in [9.17, 15) is 14.9 Å². The number of anilines is 1. The minimum absolute atomic E-state index is 0.0634. The Labute approximate surface area is 271 Å². The number of rotatable bonds is 8. The molecule has 2 aliphatic rings. The molecule has 5 rings (SSSR count). The van der Waals surface area contributed by atoms with Gasteiger partial charge in [0.1, 0.15) is 0 Å². The van der Waals surface area contributed by atoms with E-state index in [0.717, 1.165) is 38.7 Å². The second-order valence-electron chi connectivity index (χ2n) is 10.8. The van der Waals surface area contributed by atoms with E-state index in [2.05, 4.69) is 29.6 Å². The number of likely N-dealkylation sites (N-methyl/N-ethyl adjacent to an activating group) is 1. The average molecular weight is 784 g/mol. The quantitative estimate of drug-likeness (QED) is 0.244. The van der Waals surface area contributed by atoms with Crippen LogP contribution in [0.1, 0.15) is 25.1 Å². The molecular formula is C31H32ClN8O3W-. The Bertz CT molecular complexity index is 1860. The molecule has 0 radical (unpaired) electrons. The van der Waals surface area contributed by atoms with Gasteiger partial charge in [-0.3, -0.25) is 4.79 Å². The van der Waals surface area contributed by atoms with Crippen LogP contribution in [-0.4, -0.2) is 91.5 Å². The van der Waals surface area contributed by atoms with Crippen LogP contribution in [0.2, 0.25) is 5.02 Å². The van der Waals surface area contributed by atoms with E-state index in [1.165, 1.54) is 10.6 Å². The monoisotopic (exact) mass is 783 g/mol. The SMILES string of the molecule is [CH-]=c1cccc(Cl)/c1=C(/[CH]=[W])n1c(C)nc2c(N3CCN(C(=O)C=C)[C@@H](CC#N)C3)nc(OC[C@@H]3CCCN3C)nc2c1=O. The van der Waals surface area contributed by atoms with Crippen LogP contribution >= 0.6 is 11.6 Å². The van der Waals surface area contributed by atoms with Gasteiger partial charge < -0.3 is 0 Å². The summed E-state index contributed by atoms with van der Waals surface area (Å²) in [5, 5.41) is 10.9. The van der Waals surface area contributed by atoms with Crippen LogP contribution in [0.15, 0.2) is 35.6 Å². The Morgan fingerprint density at radius 3 is 2.70 bits per heavy atom. The fraction of sp³-hybridized carbons (Fsp3) is 0.387. The van der Waals surface area contributed by atoms with Gasteiger partial charge in [-0.05, 0) is 6.08 Å². The molecule has 2 aliphatic heterocycles. The first-order valence-corrected chi connectivity index (χ1v) is 16.3. The number of nitrogens with zero attached hydrogens (tertiary/aromatic N) is 8. The molecule has 2 saturated heterocycles. The number of ether oxygens (including phenoxy) is 1. The number of likely N-dealkylation sites (tertiary alicyclic amines) is 1. The van der Waals surface area contributed by atoms with Gasteiger partial charge in [0.15, 0.2) is 0 Å². The Morgan fingerprint density at radius 2 is 2.05 bits per heavy atom. The van der Waals surface area contributed by atoms with Gasteiger partial charge in [0.05, 0.1) is 0 Å². The Balaban J connectivity index is 1.69. The second-order valence-corrected chi connectivity index (χ2v) is 12.1. The van der Waals surface area contributed by atoms with E-state index in [0.29, 0.717) is 64.6 Å². The molecule has 2 aromatic heterocycles. The van der Waals surface area contributed by atoms with Crippen LogP contribution < -0.4 is 25.6 Å². The number of amides is 1. The topological polar surface area (TPSA) is 120 Å². The molecule has 228 valence electrons. The van der Waals surface area contributed by atoms with Crippen molar-refractivity contribution in [3.05, 3.63) is 62.5 Å². The molecule has 13 heteroatoms. The van der Waals surface area contributed by atoms with E-state index < -0.39 is 11.6 Å². The van der Waals surface area contributed by atoms with Crippen LogP contribution in [0.4, 0.5) is 5.82 Å². The molecule has 44 heavy (non-hydrogen) atoms. The first-order valence-electron chi connectivity index (χ1n) is 14.2. The van der Waals surface area contributed by atoms with Crippen molar-refractivity contribution in [1.29, 1.82) is 5.26 Å². The molecule has 0 aliphatic carbocycles. The molecule has 0 bridgehead atoms. The third-order valence-electron chi connectivity index (χ3n) is 8.15. The number of benzene rings is 1. The first kappa shape index (κ1) is 31.7. The molecule has 11 nitrogen and oxygen atoms in total. The van der Waals surface area contributed by atoms with Gasteiger partial charge in [-0.15, -0.1) is 0 Å². The summed E-state index contributed by atoms with van der Waals surface area (Å²) in [6.07, 6.45) is 3.45. The minimum atomic E-state index is -0.417. The fourth-order valence-corrected chi connectivity index (χ4v) is 6.92. The third-order valence-corrected chi connectivity index (χ3v) is 9.26. The summed E-state index contributed by atoms with van der Waals surface area (Å²) >= 11 is 7.65. The van der Waals surface area contributed by atoms with Gasteiger partial charge in [0.2, 0.25) is 0 Å². The van der Waals surface area contributed by atoms with Crippen molar-refractivity contribution in [3.8, 4) is 12.1 Å². The van der Waals surface area contributed by atoms with Crippen LogP contribution in [0, 0.1) is 18.3 Å². The van der Waals surface area contributed by atoms with Gasteiger partial charge in [-0.2, -0.15) is 5.26 Å². The number of carbonyl (C=O) groups excluding carboxylic acids is 1. The zero-order valence-electron chi connectivity index (χ0n) is 24.6. The molecule has 1 aromatic carbocycles. The molecule has 2 atom stereocenters. The molecule has 4 heterocycles. The number of aromatic nitrogens is 4. The normalized spacial score (nSPS) is 19.5. The summed E-state index contributed by atoms with van der Waals surface area (Å²) in [6, 6.07) is 7.26. The number of nitriles is 1. The predicted molar refractivity (Wildman–Crippen MR) is 166 cm³/mol. The van der Waals surface area contributed by atoms with Crippen LogP contribution in [0.25, 0.3) is 23.3 Å².